The lowest BCUT2D eigenvalue weighted by Crippen LogP contribution is -2.01. The zero-order chi connectivity index (χ0) is 13.2. The molecule has 0 aliphatic heterocycles. The summed E-state index contributed by atoms with van der Waals surface area (Å²) < 4.78 is 36.1. The number of hydrogen-bond donors (Lipinski definition) is 1. The van der Waals surface area contributed by atoms with Crippen molar-refractivity contribution in [2.24, 2.45) is 0 Å². The summed E-state index contributed by atoms with van der Waals surface area (Å²) in [5, 5.41) is 2.88. The van der Waals surface area contributed by atoms with Crippen molar-refractivity contribution >= 4 is 21.3 Å². The molecule has 6 heteroatoms. The number of aromatic nitrogens is 1. The maximum absolute atomic E-state index is 13.6. The Morgan fingerprint density at radius 1 is 1.22 bits per heavy atom. The van der Waals surface area contributed by atoms with E-state index in [1.165, 1.54) is 12.1 Å². The SMILES string of the molecule is CS(=O)(=O)c1ccc(Nc2ccccn2)cc1F. The summed E-state index contributed by atoms with van der Waals surface area (Å²) in [5.74, 6) is -0.220. The maximum atomic E-state index is 13.6. The monoisotopic (exact) mass is 266 g/mol. The molecule has 0 radical (unpaired) electrons. The van der Waals surface area contributed by atoms with Crippen LogP contribution in [-0.4, -0.2) is 19.7 Å². The van der Waals surface area contributed by atoms with Crippen molar-refractivity contribution in [2.45, 2.75) is 4.90 Å². The van der Waals surface area contributed by atoms with Gasteiger partial charge in [-0.2, -0.15) is 0 Å². The van der Waals surface area contributed by atoms with Gasteiger partial charge in [-0.15, -0.1) is 0 Å². The number of anilines is 2. The van der Waals surface area contributed by atoms with Gasteiger partial charge in [0.1, 0.15) is 16.5 Å². The molecule has 1 aromatic carbocycles. The van der Waals surface area contributed by atoms with E-state index in [4.69, 9.17) is 0 Å². The Hall–Kier alpha value is -1.95. The Bertz CT molecular complexity index is 657. The Labute approximate surface area is 104 Å². The molecule has 18 heavy (non-hydrogen) atoms. The average molecular weight is 266 g/mol. The van der Waals surface area contributed by atoms with Gasteiger partial charge in [0.2, 0.25) is 0 Å². The van der Waals surface area contributed by atoms with Crippen molar-refractivity contribution in [1.29, 1.82) is 0 Å². The number of rotatable bonds is 3. The van der Waals surface area contributed by atoms with Gasteiger partial charge in [0.25, 0.3) is 0 Å². The predicted molar refractivity (Wildman–Crippen MR) is 67.0 cm³/mol. The molecule has 0 aliphatic rings. The highest BCUT2D eigenvalue weighted by Gasteiger charge is 2.13. The Balaban J connectivity index is 2.30. The van der Waals surface area contributed by atoms with E-state index < -0.39 is 15.7 Å². The van der Waals surface area contributed by atoms with Gasteiger partial charge in [-0.1, -0.05) is 6.07 Å². The minimum absolute atomic E-state index is 0.311. The van der Waals surface area contributed by atoms with Crippen LogP contribution in [0.25, 0.3) is 0 Å². The number of sulfone groups is 1. The standard InChI is InChI=1S/C12H11FN2O2S/c1-18(16,17)11-6-5-9(8-10(11)13)15-12-4-2-3-7-14-12/h2-8H,1H3,(H,14,15). The van der Waals surface area contributed by atoms with Crippen LogP contribution in [0.5, 0.6) is 0 Å². The Kier molecular flexibility index (Phi) is 3.29. The van der Waals surface area contributed by atoms with E-state index in [9.17, 15) is 12.8 Å². The van der Waals surface area contributed by atoms with Crippen molar-refractivity contribution in [3.63, 3.8) is 0 Å². The lowest BCUT2D eigenvalue weighted by Gasteiger charge is -2.07. The van der Waals surface area contributed by atoms with Crippen LogP contribution in [0, 0.1) is 5.82 Å². The largest absolute Gasteiger partial charge is 0.340 e. The van der Waals surface area contributed by atoms with Crippen LogP contribution in [-0.2, 0) is 9.84 Å². The van der Waals surface area contributed by atoms with E-state index in [0.717, 1.165) is 12.3 Å². The van der Waals surface area contributed by atoms with Crippen LogP contribution < -0.4 is 5.32 Å². The number of nitrogens with zero attached hydrogens (tertiary/aromatic N) is 1. The predicted octanol–water partition coefficient (Wildman–Crippen LogP) is 2.37. The van der Waals surface area contributed by atoms with Gasteiger partial charge in [-0.25, -0.2) is 17.8 Å². The zero-order valence-corrected chi connectivity index (χ0v) is 10.4. The van der Waals surface area contributed by atoms with Gasteiger partial charge in [0.05, 0.1) is 0 Å². The molecule has 1 N–H and O–H groups in total. The van der Waals surface area contributed by atoms with Crippen LogP contribution in [0.2, 0.25) is 0 Å². The summed E-state index contributed by atoms with van der Waals surface area (Å²) in [6, 6.07) is 9.13. The third kappa shape index (κ3) is 2.84. The van der Waals surface area contributed by atoms with Crippen molar-refractivity contribution in [3.8, 4) is 0 Å². The number of halogens is 1. The number of pyridine rings is 1. The fourth-order valence-electron chi connectivity index (χ4n) is 1.46. The summed E-state index contributed by atoms with van der Waals surface area (Å²) in [6.45, 7) is 0. The number of benzene rings is 1. The van der Waals surface area contributed by atoms with E-state index in [2.05, 4.69) is 10.3 Å². The first-order valence-electron chi connectivity index (χ1n) is 5.14. The molecular formula is C12H11FN2O2S. The fraction of sp³-hybridized carbons (Fsp3) is 0.0833. The fourth-order valence-corrected chi connectivity index (χ4v) is 2.19. The molecule has 0 aliphatic carbocycles. The smallest absolute Gasteiger partial charge is 0.178 e. The van der Waals surface area contributed by atoms with Gasteiger partial charge in [-0.05, 0) is 30.3 Å². The summed E-state index contributed by atoms with van der Waals surface area (Å²) in [7, 11) is -3.54. The molecule has 1 aromatic heterocycles. The summed E-state index contributed by atoms with van der Waals surface area (Å²) in [6.07, 6.45) is 2.57. The van der Waals surface area contributed by atoms with Gasteiger partial charge in [-0.3, -0.25) is 0 Å². The van der Waals surface area contributed by atoms with Gasteiger partial charge < -0.3 is 5.32 Å². The lowest BCUT2D eigenvalue weighted by atomic mass is 10.3. The molecule has 0 atom stereocenters. The first-order valence-corrected chi connectivity index (χ1v) is 7.03. The second-order valence-corrected chi connectivity index (χ2v) is 5.74. The molecule has 0 saturated heterocycles. The van der Waals surface area contributed by atoms with Gasteiger partial charge >= 0.3 is 0 Å². The molecule has 4 nitrogen and oxygen atoms in total. The van der Waals surface area contributed by atoms with Crippen LogP contribution >= 0.6 is 0 Å². The highest BCUT2D eigenvalue weighted by Crippen LogP contribution is 2.21. The molecule has 0 amide bonds. The van der Waals surface area contributed by atoms with E-state index in [1.807, 2.05) is 0 Å². The second-order valence-electron chi connectivity index (χ2n) is 3.76. The van der Waals surface area contributed by atoms with Crippen LogP contribution in [0.4, 0.5) is 15.9 Å². The Morgan fingerprint density at radius 3 is 2.56 bits per heavy atom. The van der Waals surface area contributed by atoms with Crippen molar-refractivity contribution in [2.75, 3.05) is 11.6 Å². The molecule has 0 unspecified atom stereocenters. The highest BCUT2D eigenvalue weighted by molar-refractivity contribution is 7.90. The first-order chi connectivity index (χ1) is 8.47. The van der Waals surface area contributed by atoms with Crippen molar-refractivity contribution in [1.82, 2.24) is 4.98 Å². The third-order valence-corrected chi connectivity index (χ3v) is 3.40. The summed E-state index contributed by atoms with van der Waals surface area (Å²) in [4.78, 5) is 3.71. The van der Waals surface area contributed by atoms with Crippen molar-refractivity contribution < 1.29 is 12.8 Å². The molecule has 2 rings (SSSR count). The van der Waals surface area contributed by atoms with Crippen molar-refractivity contribution in [3.05, 3.63) is 48.4 Å². The van der Waals surface area contributed by atoms with Crippen LogP contribution in [0.3, 0.4) is 0 Å². The van der Waals surface area contributed by atoms with Gasteiger partial charge in [0.15, 0.2) is 9.84 Å². The van der Waals surface area contributed by atoms with Crippen LogP contribution in [0.1, 0.15) is 0 Å². The molecule has 0 fully saturated rings. The minimum atomic E-state index is -3.54. The maximum Gasteiger partial charge on any atom is 0.178 e. The number of hydrogen-bond acceptors (Lipinski definition) is 4. The van der Waals surface area contributed by atoms with Gasteiger partial charge in [0, 0.05) is 18.1 Å². The molecular weight excluding hydrogens is 255 g/mol. The normalized spacial score (nSPS) is 11.2. The lowest BCUT2D eigenvalue weighted by molar-refractivity contribution is 0.571. The molecule has 1 heterocycles. The number of nitrogens with one attached hydrogen (secondary N) is 1. The third-order valence-electron chi connectivity index (χ3n) is 2.27. The Morgan fingerprint density at radius 2 is 2.00 bits per heavy atom. The summed E-state index contributed by atoms with van der Waals surface area (Å²) >= 11 is 0. The first kappa shape index (κ1) is 12.5. The average Bonchev–Trinajstić information content (AvgIpc) is 2.28. The van der Waals surface area contributed by atoms with E-state index in [0.29, 0.717) is 11.5 Å². The molecule has 2 aromatic rings. The van der Waals surface area contributed by atoms with Crippen LogP contribution in [0.15, 0.2) is 47.5 Å². The molecule has 94 valence electrons. The quantitative estimate of drug-likeness (QED) is 0.926. The van der Waals surface area contributed by atoms with E-state index in [1.54, 1.807) is 24.4 Å². The summed E-state index contributed by atoms with van der Waals surface area (Å²) in [5.41, 5.74) is 0.443. The highest BCUT2D eigenvalue weighted by atomic mass is 32.2. The second kappa shape index (κ2) is 4.73. The zero-order valence-electron chi connectivity index (χ0n) is 9.59. The van der Waals surface area contributed by atoms with E-state index in [-0.39, 0.29) is 4.90 Å². The minimum Gasteiger partial charge on any atom is -0.340 e. The topological polar surface area (TPSA) is 59.1 Å². The molecule has 0 bridgehead atoms. The molecule has 0 spiro atoms. The molecule has 0 saturated carbocycles. The van der Waals surface area contributed by atoms with E-state index >= 15 is 0 Å².